The summed E-state index contributed by atoms with van der Waals surface area (Å²) in [6.45, 7) is 4.02. The molecule has 2 amide bonds. The van der Waals surface area contributed by atoms with E-state index in [9.17, 15) is 19.7 Å². The van der Waals surface area contributed by atoms with Gasteiger partial charge in [0.2, 0.25) is 11.8 Å². The van der Waals surface area contributed by atoms with E-state index in [1.54, 1.807) is 19.0 Å². The number of hydrogen-bond donors (Lipinski definition) is 1. The largest absolute Gasteiger partial charge is 0.335 e. The summed E-state index contributed by atoms with van der Waals surface area (Å²) in [6, 6.07) is 9.93. The van der Waals surface area contributed by atoms with E-state index in [4.69, 9.17) is 11.6 Å². The predicted molar refractivity (Wildman–Crippen MR) is 117 cm³/mol. The number of nitro benzene ring substituents is 1. The number of halogens is 1. The zero-order valence-corrected chi connectivity index (χ0v) is 18.2. The highest BCUT2D eigenvalue weighted by molar-refractivity contribution is 6.31. The number of para-hydroxylation sites is 1. The molecule has 0 spiro atoms. The highest BCUT2D eigenvalue weighted by Crippen LogP contribution is 2.23. The maximum atomic E-state index is 12.5. The molecule has 0 saturated heterocycles. The van der Waals surface area contributed by atoms with E-state index >= 15 is 0 Å². The lowest BCUT2D eigenvalue weighted by Crippen LogP contribution is -2.40. The van der Waals surface area contributed by atoms with Gasteiger partial charge in [0.05, 0.1) is 18.0 Å². The minimum Gasteiger partial charge on any atom is -0.335 e. The molecule has 30 heavy (non-hydrogen) atoms. The molecule has 1 N–H and O–H groups in total. The van der Waals surface area contributed by atoms with Crippen LogP contribution in [-0.2, 0) is 16.1 Å². The Morgan fingerprint density at radius 3 is 2.33 bits per heavy atom. The van der Waals surface area contributed by atoms with Gasteiger partial charge in [-0.05, 0) is 43.7 Å². The first kappa shape index (κ1) is 23.3. The number of nitro groups is 1. The molecule has 0 aliphatic heterocycles. The molecule has 2 aromatic carbocycles. The fourth-order valence-electron chi connectivity index (χ4n) is 2.99. The van der Waals surface area contributed by atoms with Crippen molar-refractivity contribution in [2.75, 3.05) is 32.5 Å². The Hall–Kier alpha value is -2.97. The third-order valence-corrected chi connectivity index (χ3v) is 5.01. The van der Waals surface area contributed by atoms with Crippen molar-refractivity contribution in [3.63, 3.8) is 0 Å². The Bertz CT molecular complexity index is 944. The first-order valence-corrected chi connectivity index (χ1v) is 9.67. The van der Waals surface area contributed by atoms with Crippen LogP contribution in [0.5, 0.6) is 0 Å². The van der Waals surface area contributed by atoms with Crippen LogP contribution in [0, 0.1) is 24.0 Å². The van der Waals surface area contributed by atoms with Gasteiger partial charge in [0.1, 0.15) is 0 Å². The van der Waals surface area contributed by atoms with Crippen LogP contribution in [-0.4, -0.2) is 53.7 Å². The summed E-state index contributed by atoms with van der Waals surface area (Å²) in [5.41, 5.74) is 3.14. The Morgan fingerprint density at radius 2 is 1.73 bits per heavy atom. The molecule has 9 heteroatoms. The number of non-ortho nitro benzene ring substituents is 1. The van der Waals surface area contributed by atoms with Gasteiger partial charge >= 0.3 is 0 Å². The first-order chi connectivity index (χ1) is 14.1. The highest BCUT2D eigenvalue weighted by atomic mass is 35.5. The van der Waals surface area contributed by atoms with Crippen molar-refractivity contribution in [3.05, 3.63) is 68.2 Å². The van der Waals surface area contributed by atoms with Crippen molar-refractivity contribution in [1.82, 2.24) is 9.80 Å². The average Bonchev–Trinajstić information content (AvgIpc) is 2.66. The number of hydrogen-bond acceptors (Lipinski definition) is 5. The number of aryl methyl sites for hydroxylation is 2. The van der Waals surface area contributed by atoms with Gasteiger partial charge in [-0.15, -0.1) is 0 Å². The fraction of sp³-hybridized carbons (Fsp3) is 0.333. The number of nitrogens with one attached hydrogen (secondary N) is 1. The zero-order valence-electron chi connectivity index (χ0n) is 17.4. The normalized spacial score (nSPS) is 10.7. The Kier molecular flexibility index (Phi) is 7.91. The molecule has 0 saturated carbocycles. The molecule has 0 radical (unpaired) electrons. The molecule has 160 valence electrons. The van der Waals surface area contributed by atoms with Crippen LogP contribution in [0.4, 0.5) is 11.4 Å². The van der Waals surface area contributed by atoms with Gasteiger partial charge in [-0.2, -0.15) is 0 Å². The summed E-state index contributed by atoms with van der Waals surface area (Å²) in [7, 11) is 3.26. The van der Waals surface area contributed by atoms with E-state index in [-0.39, 0.29) is 37.1 Å². The molecule has 0 aliphatic carbocycles. The standard InChI is InChI=1S/C21H25ClN4O4/c1-14-6-5-7-15(2)21(14)23-19(27)12-25(4)20(28)13-24(3)11-16-10-17(26(29)30)8-9-18(16)22/h5-10H,11-13H2,1-4H3,(H,23,27). The topological polar surface area (TPSA) is 95.8 Å². The zero-order chi connectivity index (χ0) is 22.4. The fourth-order valence-corrected chi connectivity index (χ4v) is 3.17. The summed E-state index contributed by atoms with van der Waals surface area (Å²) in [4.78, 5) is 38.3. The minimum absolute atomic E-state index is 0.0339. The number of carbonyl (C=O) groups is 2. The van der Waals surface area contributed by atoms with Crippen LogP contribution in [0.1, 0.15) is 16.7 Å². The van der Waals surface area contributed by atoms with Crippen molar-refractivity contribution in [1.29, 1.82) is 0 Å². The number of carbonyl (C=O) groups excluding carboxylic acids is 2. The summed E-state index contributed by atoms with van der Waals surface area (Å²) in [5, 5.41) is 14.2. The Labute approximate surface area is 180 Å². The van der Waals surface area contributed by atoms with Crippen molar-refractivity contribution in [3.8, 4) is 0 Å². The van der Waals surface area contributed by atoms with E-state index in [0.29, 0.717) is 10.6 Å². The quantitative estimate of drug-likeness (QED) is 0.509. The number of anilines is 1. The number of likely N-dealkylation sites (N-methyl/N-ethyl adjacent to an activating group) is 2. The second-order valence-corrected chi connectivity index (χ2v) is 7.68. The van der Waals surface area contributed by atoms with Crippen LogP contribution in [0.3, 0.4) is 0 Å². The molecule has 0 heterocycles. The maximum Gasteiger partial charge on any atom is 0.269 e. The predicted octanol–water partition coefficient (Wildman–Crippen LogP) is 3.39. The van der Waals surface area contributed by atoms with Gasteiger partial charge < -0.3 is 10.2 Å². The monoisotopic (exact) mass is 432 g/mol. The van der Waals surface area contributed by atoms with Crippen LogP contribution < -0.4 is 5.32 Å². The number of benzene rings is 2. The van der Waals surface area contributed by atoms with E-state index in [1.807, 2.05) is 32.0 Å². The van der Waals surface area contributed by atoms with E-state index < -0.39 is 4.92 Å². The van der Waals surface area contributed by atoms with Crippen molar-refractivity contribution < 1.29 is 14.5 Å². The lowest BCUT2D eigenvalue weighted by atomic mass is 10.1. The van der Waals surface area contributed by atoms with Crippen molar-refractivity contribution in [2.45, 2.75) is 20.4 Å². The number of nitrogens with zero attached hydrogens (tertiary/aromatic N) is 3. The smallest absolute Gasteiger partial charge is 0.269 e. The lowest BCUT2D eigenvalue weighted by Gasteiger charge is -2.22. The number of amides is 2. The van der Waals surface area contributed by atoms with Gasteiger partial charge in [-0.25, -0.2) is 0 Å². The molecule has 8 nitrogen and oxygen atoms in total. The minimum atomic E-state index is -0.493. The molecule has 0 atom stereocenters. The van der Waals surface area contributed by atoms with Gasteiger partial charge in [-0.1, -0.05) is 29.8 Å². The Balaban J connectivity index is 1.93. The first-order valence-electron chi connectivity index (χ1n) is 9.30. The summed E-state index contributed by atoms with van der Waals surface area (Å²) in [6.07, 6.45) is 0. The van der Waals surface area contributed by atoms with Gasteiger partial charge in [0.25, 0.3) is 5.69 Å². The molecule has 0 unspecified atom stereocenters. The van der Waals surface area contributed by atoms with Crippen molar-refractivity contribution in [2.24, 2.45) is 0 Å². The van der Waals surface area contributed by atoms with Crippen molar-refractivity contribution >= 4 is 34.8 Å². The average molecular weight is 433 g/mol. The molecular formula is C21H25ClN4O4. The van der Waals surface area contributed by atoms with Crippen LogP contribution in [0.25, 0.3) is 0 Å². The third-order valence-electron chi connectivity index (χ3n) is 4.64. The summed E-state index contributed by atoms with van der Waals surface area (Å²) in [5.74, 6) is -0.539. The molecular weight excluding hydrogens is 408 g/mol. The maximum absolute atomic E-state index is 12.5. The molecule has 0 aliphatic rings. The van der Waals surface area contributed by atoms with Crippen LogP contribution in [0.15, 0.2) is 36.4 Å². The van der Waals surface area contributed by atoms with E-state index in [1.165, 1.54) is 23.1 Å². The second kappa shape index (κ2) is 10.2. The van der Waals surface area contributed by atoms with Crippen LogP contribution >= 0.6 is 11.6 Å². The van der Waals surface area contributed by atoms with Gasteiger partial charge in [0, 0.05) is 36.4 Å². The summed E-state index contributed by atoms with van der Waals surface area (Å²) < 4.78 is 0. The van der Waals surface area contributed by atoms with Gasteiger partial charge in [-0.3, -0.25) is 24.6 Å². The van der Waals surface area contributed by atoms with E-state index in [2.05, 4.69) is 5.32 Å². The molecule has 0 fully saturated rings. The SMILES string of the molecule is Cc1cccc(C)c1NC(=O)CN(C)C(=O)CN(C)Cc1cc([N+](=O)[O-])ccc1Cl. The molecule has 0 bridgehead atoms. The van der Waals surface area contributed by atoms with Gasteiger partial charge in [0.15, 0.2) is 0 Å². The molecule has 0 aromatic heterocycles. The summed E-state index contributed by atoms with van der Waals surface area (Å²) >= 11 is 6.12. The second-order valence-electron chi connectivity index (χ2n) is 7.27. The lowest BCUT2D eigenvalue weighted by molar-refractivity contribution is -0.384. The highest BCUT2D eigenvalue weighted by Gasteiger charge is 2.18. The molecule has 2 rings (SSSR count). The number of rotatable bonds is 8. The Morgan fingerprint density at radius 1 is 1.10 bits per heavy atom. The third kappa shape index (κ3) is 6.27. The molecule has 2 aromatic rings. The van der Waals surface area contributed by atoms with E-state index in [0.717, 1.165) is 16.8 Å². The van der Waals surface area contributed by atoms with Crippen LogP contribution in [0.2, 0.25) is 5.02 Å².